The first-order chi connectivity index (χ1) is 10.0. The van der Waals surface area contributed by atoms with Crippen molar-refractivity contribution in [2.24, 2.45) is 0 Å². The van der Waals surface area contributed by atoms with Crippen molar-refractivity contribution < 1.29 is 4.74 Å². The van der Waals surface area contributed by atoms with E-state index < -0.39 is 0 Å². The first-order valence-electron chi connectivity index (χ1n) is 6.26. The van der Waals surface area contributed by atoms with Crippen molar-refractivity contribution in [1.82, 2.24) is 9.97 Å². The van der Waals surface area contributed by atoms with Gasteiger partial charge >= 0.3 is 0 Å². The fourth-order valence-corrected chi connectivity index (χ4v) is 2.58. The van der Waals surface area contributed by atoms with E-state index >= 15 is 0 Å². The van der Waals surface area contributed by atoms with Gasteiger partial charge in [-0.15, -0.1) is 0 Å². The van der Waals surface area contributed by atoms with Gasteiger partial charge in [-0.1, -0.05) is 46.9 Å². The van der Waals surface area contributed by atoms with Crippen LogP contribution in [-0.2, 0) is 6.61 Å². The normalized spacial score (nSPS) is 11.0. The maximum absolute atomic E-state index is 6.24. The van der Waals surface area contributed by atoms with Crippen LogP contribution in [0.2, 0.25) is 15.1 Å². The van der Waals surface area contributed by atoms with Crippen molar-refractivity contribution >= 4 is 45.8 Å². The molecule has 0 aliphatic rings. The second-order valence-corrected chi connectivity index (χ2v) is 5.86. The summed E-state index contributed by atoms with van der Waals surface area (Å²) < 4.78 is 5.83. The summed E-state index contributed by atoms with van der Waals surface area (Å²) in [5.41, 5.74) is 2.46. The van der Waals surface area contributed by atoms with Crippen molar-refractivity contribution in [2.75, 3.05) is 0 Å². The van der Waals surface area contributed by atoms with E-state index in [9.17, 15) is 0 Å². The number of hydrogen-bond acceptors (Lipinski definition) is 2. The van der Waals surface area contributed by atoms with Crippen LogP contribution in [0.1, 0.15) is 11.4 Å². The minimum atomic E-state index is 0.359. The summed E-state index contributed by atoms with van der Waals surface area (Å²) in [5.74, 6) is 1.26. The summed E-state index contributed by atoms with van der Waals surface area (Å²) >= 11 is 18.2. The smallest absolute Gasteiger partial charge is 0.167 e. The summed E-state index contributed by atoms with van der Waals surface area (Å²) in [6.07, 6.45) is 0. The highest BCUT2D eigenvalue weighted by Crippen LogP contribution is 2.38. The van der Waals surface area contributed by atoms with Crippen molar-refractivity contribution in [3.63, 3.8) is 0 Å². The molecule has 0 radical (unpaired) electrons. The Labute approximate surface area is 136 Å². The van der Waals surface area contributed by atoms with Crippen LogP contribution >= 0.6 is 34.8 Å². The predicted molar refractivity (Wildman–Crippen MR) is 86.6 cm³/mol. The Bertz CT molecular complexity index is 797. The van der Waals surface area contributed by atoms with E-state index in [4.69, 9.17) is 39.5 Å². The molecular formula is C15H11Cl3N2O. The molecule has 3 aromatic rings. The predicted octanol–water partition coefficient (Wildman–Crippen LogP) is 5.41. The molecule has 0 atom stereocenters. The molecule has 0 aliphatic carbocycles. The number of hydrogen-bond donors (Lipinski definition) is 1. The zero-order valence-corrected chi connectivity index (χ0v) is 13.4. The number of halogens is 3. The molecule has 6 heteroatoms. The minimum Gasteiger partial charge on any atom is -0.485 e. The fourth-order valence-electron chi connectivity index (χ4n) is 2.06. The first-order valence-corrected chi connectivity index (χ1v) is 7.39. The fraction of sp³-hybridized carbons (Fsp3) is 0.133. The van der Waals surface area contributed by atoms with Crippen molar-refractivity contribution in [3.05, 3.63) is 56.8 Å². The van der Waals surface area contributed by atoms with Gasteiger partial charge in [0.1, 0.15) is 23.0 Å². The number of aryl methyl sites for hydroxylation is 1. The Morgan fingerprint density at radius 1 is 1.14 bits per heavy atom. The molecule has 21 heavy (non-hydrogen) atoms. The van der Waals surface area contributed by atoms with Crippen LogP contribution in [0, 0.1) is 6.92 Å². The summed E-state index contributed by atoms with van der Waals surface area (Å²) in [6.45, 7) is 2.23. The lowest BCUT2D eigenvalue weighted by Crippen LogP contribution is -1.97. The van der Waals surface area contributed by atoms with E-state index in [2.05, 4.69) is 9.97 Å². The second kappa shape index (κ2) is 5.76. The standard InChI is InChI=1S/C15H11Cl3N2O/c1-8-19-12-6-11(17)13(18)15(14(12)20-8)21-7-9-2-4-10(16)5-3-9/h2-6H,7H2,1H3,(H,19,20). The van der Waals surface area contributed by atoms with Crippen LogP contribution in [0.5, 0.6) is 5.75 Å². The van der Waals surface area contributed by atoms with Gasteiger partial charge < -0.3 is 9.72 Å². The number of aromatic nitrogens is 2. The molecule has 0 bridgehead atoms. The molecular weight excluding hydrogens is 331 g/mol. The quantitative estimate of drug-likeness (QED) is 0.691. The molecule has 0 saturated carbocycles. The van der Waals surface area contributed by atoms with Crippen LogP contribution in [0.25, 0.3) is 11.0 Å². The van der Waals surface area contributed by atoms with Crippen LogP contribution < -0.4 is 4.74 Å². The third-order valence-corrected chi connectivity index (χ3v) is 4.06. The summed E-state index contributed by atoms with van der Waals surface area (Å²) in [4.78, 5) is 7.52. The SMILES string of the molecule is Cc1nc2c(OCc3ccc(Cl)cc3)c(Cl)c(Cl)cc2[nH]1. The third-order valence-electron chi connectivity index (χ3n) is 3.04. The molecule has 0 unspecified atom stereocenters. The van der Waals surface area contributed by atoms with E-state index in [1.54, 1.807) is 6.07 Å². The van der Waals surface area contributed by atoms with Crippen LogP contribution in [0.15, 0.2) is 30.3 Å². The van der Waals surface area contributed by atoms with Gasteiger partial charge in [0.15, 0.2) is 5.75 Å². The summed E-state index contributed by atoms with van der Waals surface area (Å²) in [5, 5.41) is 1.48. The molecule has 1 heterocycles. The van der Waals surface area contributed by atoms with Crippen molar-refractivity contribution in [2.45, 2.75) is 13.5 Å². The van der Waals surface area contributed by atoms with E-state index in [-0.39, 0.29) is 0 Å². The van der Waals surface area contributed by atoms with E-state index in [1.165, 1.54) is 0 Å². The Hall–Kier alpha value is -1.42. The van der Waals surface area contributed by atoms with Crippen molar-refractivity contribution in [3.8, 4) is 5.75 Å². The second-order valence-electron chi connectivity index (χ2n) is 4.64. The highest BCUT2D eigenvalue weighted by atomic mass is 35.5. The Kier molecular flexibility index (Phi) is 3.98. The van der Waals surface area contributed by atoms with Crippen LogP contribution in [0.4, 0.5) is 0 Å². The average molecular weight is 342 g/mol. The molecule has 2 aromatic carbocycles. The van der Waals surface area contributed by atoms with E-state index in [0.29, 0.717) is 32.9 Å². The van der Waals surface area contributed by atoms with Gasteiger partial charge in [-0.05, 0) is 30.7 Å². The lowest BCUT2D eigenvalue weighted by atomic mass is 10.2. The lowest BCUT2D eigenvalue weighted by molar-refractivity contribution is 0.309. The van der Waals surface area contributed by atoms with E-state index in [1.807, 2.05) is 31.2 Å². The van der Waals surface area contributed by atoms with Gasteiger partial charge in [-0.2, -0.15) is 0 Å². The topological polar surface area (TPSA) is 37.9 Å². The number of rotatable bonds is 3. The number of ether oxygens (including phenoxy) is 1. The van der Waals surface area contributed by atoms with Gasteiger partial charge in [0, 0.05) is 5.02 Å². The number of imidazole rings is 1. The molecule has 0 aliphatic heterocycles. The van der Waals surface area contributed by atoms with Crippen LogP contribution in [0.3, 0.4) is 0 Å². The molecule has 1 aromatic heterocycles. The first kappa shape index (κ1) is 14.5. The van der Waals surface area contributed by atoms with Gasteiger partial charge in [-0.3, -0.25) is 0 Å². The zero-order chi connectivity index (χ0) is 15.0. The molecule has 3 rings (SSSR count). The molecule has 0 spiro atoms. The number of nitrogens with one attached hydrogen (secondary N) is 1. The molecule has 3 nitrogen and oxygen atoms in total. The number of aromatic amines is 1. The molecule has 0 amide bonds. The lowest BCUT2D eigenvalue weighted by Gasteiger charge is -2.10. The largest absolute Gasteiger partial charge is 0.485 e. The average Bonchev–Trinajstić information content (AvgIpc) is 2.81. The molecule has 0 saturated heterocycles. The van der Waals surface area contributed by atoms with Gasteiger partial charge in [0.2, 0.25) is 0 Å². The number of nitrogens with zero attached hydrogens (tertiary/aromatic N) is 1. The third kappa shape index (κ3) is 2.95. The van der Waals surface area contributed by atoms with Crippen molar-refractivity contribution in [1.29, 1.82) is 0 Å². The Morgan fingerprint density at radius 3 is 2.57 bits per heavy atom. The maximum atomic E-state index is 6.24. The summed E-state index contributed by atoms with van der Waals surface area (Å²) in [6, 6.07) is 9.16. The number of fused-ring (bicyclic) bond motifs is 1. The number of H-pyrrole nitrogens is 1. The molecule has 0 fully saturated rings. The summed E-state index contributed by atoms with van der Waals surface area (Å²) in [7, 11) is 0. The van der Waals surface area contributed by atoms with Gasteiger partial charge in [0.25, 0.3) is 0 Å². The van der Waals surface area contributed by atoms with E-state index in [0.717, 1.165) is 16.9 Å². The Balaban J connectivity index is 1.95. The highest BCUT2D eigenvalue weighted by molar-refractivity contribution is 6.44. The highest BCUT2D eigenvalue weighted by Gasteiger charge is 2.15. The zero-order valence-electron chi connectivity index (χ0n) is 11.1. The number of benzene rings is 2. The molecule has 108 valence electrons. The van der Waals surface area contributed by atoms with Crippen LogP contribution in [-0.4, -0.2) is 9.97 Å². The monoisotopic (exact) mass is 340 g/mol. The maximum Gasteiger partial charge on any atom is 0.167 e. The Morgan fingerprint density at radius 2 is 1.86 bits per heavy atom. The van der Waals surface area contributed by atoms with Gasteiger partial charge in [0.05, 0.1) is 10.5 Å². The molecule has 1 N–H and O–H groups in total. The minimum absolute atomic E-state index is 0.359. The van der Waals surface area contributed by atoms with Gasteiger partial charge in [-0.25, -0.2) is 4.98 Å².